The number of aromatic amines is 1. The molecule has 0 saturated carbocycles. The van der Waals surface area contributed by atoms with Gasteiger partial charge in [-0.25, -0.2) is 9.18 Å². The number of anilines is 1. The van der Waals surface area contributed by atoms with Crippen molar-refractivity contribution in [2.24, 2.45) is 5.73 Å². The summed E-state index contributed by atoms with van der Waals surface area (Å²) in [6, 6.07) is 1.17. The Morgan fingerprint density at radius 2 is 2.13 bits per heavy atom. The minimum atomic E-state index is -0.532. The maximum Gasteiger partial charge on any atom is 0.329 e. The zero-order valence-electron chi connectivity index (χ0n) is 12.6. The summed E-state index contributed by atoms with van der Waals surface area (Å²) in [6.45, 7) is 3.19. The summed E-state index contributed by atoms with van der Waals surface area (Å²) in [5.74, 6) is -0.415. The third-order valence-corrected chi connectivity index (χ3v) is 4.73. The summed E-state index contributed by atoms with van der Waals surface area (Å²) in [5, 5.41) is 0.240. The number of H-pyrrole nitrogens is 1. The smallest absolute Gasteiger partial charge is 0.329 e. The van der Waals surface area contributed by atoms with Crippen LogP contribution in [0.15, 0.2) is 15.7 Å². The number of hydrogen-bond acceptors (Lipinski definition) is 4. The molecule has 1 aromatic carbocycles. The molecular formula is C15H18ClFN4O2. The summed E-state index contributed by atoms with van der Waals surface area (Å²) in [4.78, 5) is 28.3. The van der Waals surface area contributed by atoms with Crippen LogP contribution in [0.2, 0.25) is 0 Å². The molecule has 2 aromatic rings. The van der Waals surface area contributed by atoms with Crippen molar-refractivity contribution in [3.05, 3.63) is 38.3 Å². The van der Waals surface area contributed by atoms with Gasteiger partial charge in [0.25, 0.3) is 5.56 Å². The Morgan fingerprint density at radius 3 is 2.78 bits per heavy atom. The molecule has 3 N–H and O–H groups in total. The number of nitrogens with two attached hydrogens (primary N) is 1. The fraction of sp³-hybridized carbons (Fsp3) is 0.467. The van der Waals surface area contributed by atoms with Crippen molar-refractivity contribution in [2.45, 2.75) is 31.8 Å². The lowest BCUT2D eigenvalue weighted by Crippen LogP contribution is -2.30. The second-order valence-corrected chi connectivity index (χ2v) is 6.26. The topological polar surface area (TPSA) is 84.1 Å². The van der Waals surface area contributed by atoms with Gasteiger partial charge in [-0.1, -0.05) is 0 Å². The van der Waals surface area contributed by atoms with E-state index in [0.717, 1.165) is 12.0 Å². The molecule has 0 radical (unpaired) electrons. The highest BCUT2D eigenvalue weighted by Gasteiger charge is 2.32. The van der Waals surface area contributed by atoms with Crippen LogP contribution >= 0.6 is 12.4 Å². The SMILES string of the molecule is CC1Cc2c(N3CC[C@H](N)C3)c(F)cc3c(=O)[nH]c(=O)n1c23.Cl. The number of rotatable bonds is 1. The van der Waals surface area contributed by atoms with E-state index in [0.29, 0.717) is 30.7 Å². The molecule has 1 saturated heterocycles. The minimum absolute atomic E-state index is 0. The Labute approximate surface area is 137 Å². The first-order chi connectivity index (χ1) is 10.5. The molecule has 1 aromatic heterocycles. The molecule has 23 heavy (non-hydrogen) atoms. The molecule has 2 aliphatic heterocycles. The highest BCUT2D eigenvalue weighted by atomic mass is 35.5. The lowest BCUT2D eigenvalue weighted by atomic mass is 10.0. The van der Waals surface area contributed by atoms with Gasteiger partial charge in [-0.05, 0) is 25.8 Å². The third-order valence-electron chi connectivity index (χ3n) is 4.73. The molecule has 8 heteroatoms. The van der Waals surface area contributed by atoms with Crippen molar-refractivity contribution in [1.29, 1.82) is 0 Å². The van der Waals surface area contributed by atoms with Crippen LogP contribution < -0.4 is 21.9 Å². The van der Waals surface area contributed by atoms with Gasteiger partial charge in [-0.15, -0.1) is 12.4 Å². The predicted molar refractivity (Wildman–Crippen MR) is 89.3 cm³/mol. The van der Waals surface area contributed by atoms with Crippen molar-refractivity contribution in [3.63, 3.8) is 0 Å². The van der Waals surface area contributed by atoms with Gasteiger partial charge in [0.15, 0.2) is 0 Å². The van der Waals surface area contributed by atoms with Crippen LogP contribution in [0.25, 0.3) is 10.9 Å². The van der Waals surface area contributed by atoms with Gasteiger partial charge in [0.1, 0.15) is 5.82 Å². The van der Waals surface area contributed by atoms with Gasteiger partial charge >= 0.3 is 5.69 Å². The molecule has 1 unspecified atom stereocenters. The van der Waals surface area contributed by atoms with E-state index >= 15 is 0 Å². The summed E-state index contributed by atoms with van der Waals surface area (Å²) >= 11 is 0. The molecule has 0 bridgehead atoms. The summed E-state index contributed by atoms with van der Waals surface area (Å²) < 4.78 is 16.2. The third kappa shape index (κ3) is 2.18. The Bertz CT molecular complexity index is 907. The van der Waals surface area contributed by atoms with Crippen LogP contribution in [0.4, 0.5) is 10.1 Å². The fourth-order valence-electron chi connectivity index (χ4n) is 3.79. The van der Waals surface area contributed by atoms with E-state index in [1.54, 1.807) is 4.57 Å². The zero-order chi connectivity index (χ0) is 15.6. The average molecular weight is 341 g/mol. The van der Waals surface area contributed by atoms with E-state index in [9.17, 15) is 14.0 Å². The van der Waals surface area contributed by atoms with Crippen molar-refractivity contribution in [1.82, 2.24) is 9.55 Å². The van der Waals surface area contributed by atoms with Crippen molar-refractivity contribution < 1.29 is 4.39 Å². The first kappa shape index (κ1) is 16.0. The summed E-state index contributed by atoms with van der Waals surface area (Å²) in [7, 11) is 0. The van der Waals surface area contributed by atoms with Gasteiger partial charge in [0, 0.05) is 30.7 Å². The predicted octanol–water partition coefficient (Wildman–Crippen LogP) is 0.905. The molecule has 4 rings (SSSR count). The number of benzene rings is 1. The van der Waals surface area contributed by atoms with E-state index in [2.05, 4.69) is 4.98 Å². The Morgan fingerprint density at radius 1 is 1.39 bits per heavy atom. The lowest BCUT2D eigenvalue weighted by Gasteiger charge is -2.22. The van der Waals surface area contributed by atoms with Gasteiger partial charge in [0.2, 0.25) is 0 Å². The van der Waals surface area contributed by atoms with Crippen LogP contribution in [-0.2, 0) is 6.42 Å². The highest BCUT2D eigenvalue weighted by Crippen LogP contribution is 2.38. The highest BCUT2D eigenvalue weighted by molar-refractivity contribution is 5.89. The van der Waals surface area contributed by atoms with E-state index < -0.39 is 17.1 Å². The molecule has 2 atom stereocenters. The van der Waals surface area contributed by atoms with Crippen molar-refractivity contribution in [3.8, 4) is 0 Å². The van der Waals surface area contributed by atoms with E-state index in [1.807, 2.05) is 11.8 Å². The molecule has 0 aliphatic carbocycles. The number of hydrogen-bond donors (Lipinski definition) is 2. The fourth-order valence-corrected chi connectivity index (χ4v) is 3.79. The van der Waals surface area contributed by atoms with Crippen molar-refractivity contribution in [2.75, 3.05) is 18.0 Å². The van der Waals surface area contributed by atoms with Crippen LogP contribution in [0.3, 0.4) is 0 Å². The first-order valence-electron chi connectivity index (χ1n) is 7.48. The monoisotopic (exact) mass is 340 g/mol. The quantitative estimate of drug-likeness (QED) is 0.808. The van der Waals surface area contributed by atoms with E-state index in [4.69, 9.17) is 5.73 Å². The average Bonchev–Trinajstić information content (AvgIpc) is 3.00. The van der Waals surface area contributed by atoms with Gasteiger partial charge in [0.05, 0.1) is 16.6 Å². The van der Waals surface area contributed by atoms with Crippen LogP contribution in [-0.4, -0.2) is 28.7 Å². The maximum absolute atomic E-state index is 14.7. The number of aromatic nitrogens is 2. The normalized spacial score (nSPS) is 22.7. The van der Waals surface area contributed by atoms with Crippen molar-refractivity contribution >= 4 is 29.0 Å². The molecule has 2 aliphatic rings. The molecule has 0 amide bonds. The number of halogens is 2. The second kappa shape index (κ2) is 5.35. The number of nitrogens with zero attached hydrogens (tertiary/aromatic N) is 2. The van der Waals surface area contributed by atoms with Crippen LogP contribution in [0.1, 0.15) is 24.9 Å². The molecule has 3 heterocycles. The van der Waals surface area contributed by atoms with Crippen LogP contribution in [0.5, 0.6) is 0 Å². The van der Waals surface area contributed by atoms with E-state index in [-0.39, 0.29) is 29.9 Å². The molecule has 6 nitrogen and oxygen atoms in total. The molecular weight excluding hydrogens is 323 g/mol. The Kier molecular flexibility index (Phi) is 3.72. The first-order valence-corrected chi connectivity index (χ1v) is 7.48. The molecule has 1 fully saturated rings. The van der Waals surface area contributed by atoms with Gasteiger partial charge in [-0.3, -0.25) is 14.3 Å². The molecule has 124 valence electrons. The largest absolute Gasteiger partial charge is 0.367 e. The van der Waals surface area contributed by atoms with Gasteiger partial charge < -0.3 is 10.6 Å². The maximum atomic E-state index is 14.7. The number of nitrogens with one attached hydrogen (secondary N) is 1. The summed E-state index contributed by atoms with van der Waals surface area (Å²) in [5.41, 5.74) is 6.79. The Hall–Kier alpha value is -1.86. The second-order valence-electron chi connectivity index (χ2n) is 6.26. The van der Waals surface area contributed by atoms with E-state index in [1.165, 1.54) is 6.07 Å². The summed E-state index contributed by atoms with van der Waals surface area (Å²) in [6.07, 6.45) is 1.36. The molecule has 0 spiro atoms. The standard InChI is InChI=1S/C15H17FN4O2.ClH/c1-7-4-9-12-10(14(21)18-15(22)20(7)12)5-11(16)13(9)19-3-2-8(17)6-19;/h5,7-8H,2-4,6,17H2,1H3,(H,18,21,22);1H/t7?,8-;/m0./s1. The van der Waals surface area contributed by atoms with Crippen LogP contribution in [0, 0.1) is 5.82 Å². The zero-order valence-corrected chi connectivity index (χ0v) is 13.5. The lowest BCUT2D eigenvalue weighted by molar-refractivity contribution is 0.565. The Balaban J connectivity index is 0.00000156. The minimum Gasteiger partial charge on any atom is -0.367 e. The van der Waals surface area contributed by atoms with Gasteiger partial charge in [-0.2, -0.15) is 0 Å².